The number of benzene rings is 2. The first-order valence-electron chi connectivity index (χ1n) is 5.86. The molecule has 2 N–H and O–H groups in total. The van der Waals surface area contributed by atoms with Gasteiger partial charge >= 0.3 is 5.97 Å². The number of halogens is 1. The van der Waals surface area contributed by atoms with Crippen LogP contribution in [0.3, 0.4) is 0 Å². The average molecular weight is 331 g/mol. The van der Waals surface area contributed by atoms with Crippen molar-refractivity contribution < 1.29 is 9.90 Å². The zero-order valence-electron chi connectivity index (χ0n) is 10.4. The lowest BCUT2D eigenvalue weighted by molar-refractivity contribution is 0.0697. The molecule has 20 heavy (non-hydrogen) atoms. The predicted molar refractivity (Wildman–Crippen MR) is 79.6 cm³/mol. The zero-order valence-corrected chi connectivity index (χ0v) is 12.0. The molecule has 0 aromatic heterocycles. The number of aromatic carboxylic acids is 1. The Balaban J connectivity index is 2.11. The van der Waals surface area contributed by atoms with E-state index in [1.165, 1.54) is 0 Å². The maximum absolute atomic E-state index is 10.8. The molecule has 0 heterocycles. The molecule has 0 amide bonds. The molecule has 0 aliphatic carbocycles. The first-order valence-corrected chi connectivity index (χ1v) is 6.66. The fraction of sp³-hybridized carbons (Fsp3) is 0.0667. The van der Waals surface area contributed by atoms with Gasteiger partial charge in [0.2, 0.25) is 0 Å². The summed E-state index contributed by atoms with van der Waals surface area (Å²) in [4.78, 5) is 10.8. The van der Waals surface area contributed by atoms with Crippen LogP contribution in [0.1, 0.15) is 21.5 Å². The van der Waals surface area contributed by atoms with Crippen LogP contribution in [-0.4, -0.2) is 11.1 Å². The molecule has 0 bridgehead atoms. The molecule has 2 rings (SSSR count). The van der Waals surface area contributed by atoms with E-state index in [9.17, 15) is 4.79 Å². The summed E-state index contributed by atoms with van der Waals surface area (Å²) in [5.74, 6) is -0.941. The maximum Gasteiger partial charge on any atom is 0.335 e. The molecule has 0 spiro atoms. The lowest BCUT2D eigenvalue weighted by Gasteiger charge is -2.09. The number of hydrogen-bond acceptors (Lipinski definition) is 3. The minimum absolute atomic E-state index is 0.258. The van der Waals surface area contributed by atoms with Crippen molar-refractivity contribution in [2.24, 2.45) is 0 Å². The second-order valence-electron chi connectivity index (χ2n) is 4.13. The molecule has 0 atom stereocenters. The van der Waals surface area contributed by atoms with Gasteiger partial charge in [0.25, 0.3) is 0 Å². The summed E-state index contributed by atoms with van der Waals surface area (Å²) in [5.41, 5.74) is 2.49. The van der Waals surface area contributed by atoms with E-state index in [1.54, 1.807) is 24.3 Å². The molecule has 0 saturated heterocycles. The third-order valence-electron chi connectivity index (χ3n) is 2.81. The Morgan fingerprint density at radius 3 is 2.55 bits per heavy atom. The number of carboxylic acids is 1. The molecule has 0 unspecified atom stereocenters. The molecule has 2 aromatic rings. The first-order chi connectivity index (χ1) is 9.61. The Labute approximate surface area is 124 Å². The SMILES string of the molecule is N#Cc1c(Br)cccc1NCc1ccc(C(=O)O)cc1. The van der Waals surface area contributed by atoms with Gasteiger partial charge in [-0.2, -0.15) is 5.26 Å². The Kier molecular flexibility index (Phi) is 4.38. The van der Waals surface area contributed by atoms with Gasteiger partial charge in [0.1, 0.15) is 6.07 Å². The van der Waals surface area contributed by atoms with Crippen molar-refractivity contribution in [3.05, 3.63) is 63.6 Å². The van der Waals surface area contributed by atoms with Crippen molar-refractivity contribution in [2.45, 2.75) is 6.54 Å². The lowest BCUT2D eigenvalue weighted by Crippen LogP contribution is -2.02. The third kappa shape index (κ3) is 3.16. The van der Waals surface area contributed by atoms with Crippen LogP contribution >= 0.6 is 15.9 Å². The molecule has 0 fully saturated rings. The highest BCUT2D eigenvalue weighted by atomic mass is 79.9. The van der Waals surface area contributed by atoms with E-state index in [4.69, 9.17) is 10.4 Å². The molecule has 4 nitrogen and oxygen atoms in total. The van der Waals surface area contributed by atoms with Crippen molar-refractivity contribution in [1.29, 1.82) is 5.26 Å². The first kappa shape index (κ1) is 14.1. The number of nitrogens with zero attached hydrogens (tertiary/aromatic N) is 1. The molecular formula is C15H11BrN2O2. The van der Waals surface area contributed by atoms with Gasteiger partial charge in [-0.05, 0) is 45.8 Å². The van der Waals surface area contributed by atoms with Crippen LogP contribution in [0, 0.1) is 11.3 Å². The van der Waals surface area contributed by atoms with E-state index < -0.39 is 5.97 Å². The van der Waals surface area contributed by atoms with Gasteiger partial charge in [-0.1, -0.05) is 18.2 Å². The fourth-order valence-electron chi connectivity index (χ4n) is 1.75. The van der Waals surface area contributed by atoms with E-state index in [0.29, 0.717) is 12.1 Å². The van der Waals surface area contributed by atoms with Gasteiger partial charge in [0, 0.05) is 11.0 Å². The largest absolute Gasteiger partial charge is 0.478 e. The quantitative estimate of drug-likeness (QED) is 0.897. The normalized spacial score (nSPS) is 9.80. The second kappa shape index (κ2) is 6.22. The van der Waals surface area contributed by atoms with E-state index >= 15 is 0 Å². The summed E-state index contributed by atoms with van der Waals surface area (Å²) in [7, 11) is 0. The van der Waals surface area contributed by atoms with Gasteiger partial charge in [0.15, 0.2) is 0 Å². The van der Waals surface area contributed by atoms with E-state index in [0.717, 1.165) is 15.7 Å². The molecule has 0 aliphatic heterocycles. The summed E-state index contributed by atoms with van der Waals surface area (Å²) in [6.07, 6.45) is 0. The second-order valence-corrected chi connectivity index (χ2v) is 4.98. The monoisotopic (exact) mass is 330 g/mol. The number of carbonyl (C=O) groups is 1. The van der Waals surface area contributed by atoms with Crippen molar-refractivity contribution in [1.82, 2.24) is 0 Å². The summed E-state index contributed by atoms with van der Waals surface area (Å²) in [5, 5.41) is 21.1. The van der Waals surface area contributed by atoms with Crippen LogP contribution in [0.4, 0.5) is 5.69 Å². The van der Waals surface area contributed by atoms with Crippen LogP contribution in [0.2, 0.25) is 0 Å². The minimum atomic E-state index is -0.941. The highest BCUT2D eigenvalue weighted by molar-refractivity contribution is 9.10. The number of carboxylic acid groups (broad SMARTS) is 1. The van der Waals surface area contributed by atoms with Gasteiger partial charge in [0.05, 0.1) is 16.8 Å². The molecule has 2 aromatic carbocycles. The van der Waals surface area contributed by atoms with Gasteiger partial charge in [-0.3, -0.25) is 0 Å². The number of hydrogen-bond donors (Lipinski definition) is 2. The standard InChI is InChI=1S/C15H11BrN2O2/c16-13-2-1-3-14(12(13)8-17)18-9-10-4-6-11(7-5-10)15(19)20/h1-7,18H,9H2,(H,19,20). The van der Waals surface area contributed by atoms with Crippen molar-refractivity contribution in [3.63, 3.8) is 0 Å². The Bertz CT molecular complexity index is 675. The lowest BCUT2D eigenvalue weighted by atomic mass is 10.1. The van der Waals surface area contributed by atoms with Crippen molar-refractivity contribution >= 4 is 27.6 Å². The number of nitrogens with one attached hydrogen (secondary N) is 1. The molecule has 100 valence electrons. The maximum atomic E-state index is 10.8. The highest BCUT2D eigenvalue weighted by Gasteiger charge is 2.06. The van der Waals surface area contributed by atoms with Gasteiger partial charge in [-0.15, -0.1) is 0 Å². The molecule has 0 aliphatic rings. The summed E-state index contributed by atoms with van der Waals surface area (Å²) < 4.78 is 0.742. The van der Waals surface area contributed by atoms with Crippen LogP contribution in [0.15, 0.2) is 46.9 Å². The molecule has 0 saturated carbocycles. The van der Waals surface area contributed by atoms with Gasteiger partial charge < -0.3 is 10.4 Å². The fourth-order valence-corrected chi connectivity index (χ4v) is 2.20. The third-order valence-corrected chi connectivity index (χ3v) is 3.47. The summed E-state index contributed by atoms with van der Waals surface area (Å²) in [6.45, 7) is 0.519. The Morgan fingerprint density at radius 2 is 1.95 bits per heavy atom. The average Bonchev–Trinajstić information content (AvgIpc) is 2.45. The van der Waals surface area contributed by atoms with Crippen LogP contribution in [0.5, 0.6) is 0 Å². The van der Waals surface area contributed by atoms with Crippen LogP contribution in [0.25, 0.3) is 0 Å². The predicted octanol–water partition coefficient (Wildman–Crippen LogP) is 3.63. The van der Waals surface area contributed by atoms with Crippen LogP contribution in [-0.2, 0) is 6.54 Å². The van der Waals surface area contributed by atoms with E-state index in [-0.39, 0.29) is 5.56 Å². The molecule has 0 radical (unpaired) electrons. The topological polar surface area (TPSA) is 73.1 Å². The Hall–Kier alpha value is -2.32. The zero-order chi connectivity index (χ0) is 14.5. The van der Waals surface area contributed by atoms with Gasteiger partial charge in [-0.25, -0.2) is 4.79 Å². The minimum Gasteiger partial charge on any atom is -0.478 e. The van der Waals surface area contributed by atoms with Crippen LogP contribution < -0.4 is 5.32 Å². The van der Waals surface area contributed by atoms with E-state index in [1.807, 2.05) is 18.2 Å². The molecular weight excluding hydrogens is 320 g/mol. The van der Waals surface area contributed by atoms with E-state index in [2.05, 4.69) is 27.3 Å². The van der Waals surface area contributed by atoms with Crippen molar-refractivity contribution in [2.75, 3.05) is 5.32 Å². The van der Waals surface area contributed by atoms with Crippen molar-refractivity contribution in [3.8, 4) is 6.07 Å². The number of nitriles is 1. The molecule has 5 heteroatoms. The number of anilines is 1. The highest BCUT2D eigenvalue weighted by Crippen LogP contribution is 2.24. The Morgan fingerprint density at radius 1 is 1.25 bits per heavy atom. The summed E-state index contributed by atoms with van der Waals surface area (Å²) >= 11 is 3.33. The summed E-state index contributed by atoms with van der Waals surface area (Å²) in [6, 6.07) is 14.2. The number of rotatable bonds is 4. The smallest absolute Gasteiger partial charge is 0.335 e.